The molecule has 2 aromatic carbocycles. The molecule has 0 fully saturated rings. The first-order valence-corrected chi connectivity index (χ1v) is 8.81. The van der Waals surface area contributed by atoms with Crippen molar-refractivity contribution in [1.29, 1.82) is 0 Å². The predicted molar refractivity (Wildman–Crippen MR) is 99.0 cm³/mol. The van der Waals surface area contributed by atoms with Gasteiger partial charge < -0.3 is 9.84 Å². The summed E-state index contributed by atoms with van der Waals surface area (Å²) in [6.07, 6.45) is 0. The Bertz CT molecular complexity index is 1020. The molecule has 1 aromatic heterocycles. The Labute approximate surface area is 154 Å². The number of hydrogen-bond donors (Lipinski definition) is 1. The normalized spacial score (nSPS) is 13.0. The van der Waals surface area contributed by atoms with E-state index in [1.807, 2.05) is 43.3 Å². The molecule has 1 heterocycles. The number of amides is 1. The average Bonchev–Trinajstić information content (AvgIpc) is 3.00. The Morgan fingerprint density at radius 2 is 1.88 bits per heavy atom. The molecule has 0 spiro atoms. The minimum atomic E-state index is -0.972. The fraction of sp³-hybridized carbons (Fsp3) is 0.211. The summed E-state index contributed by atoms with van der Waals surface area (Å²) in [6, 6.07) is 13.5. The summed E-state index contributed by atoms with van der Waals surface area (Å²) >= 11 is 1.28. The lowest BCUT2D eigenvalue weighted by atomic mass is 10.1. The average molecular weight is 370 g/mol. The first-order chi connectivity index (χ1) is 12.5. The van der Waals surface area contributed by atoms with Gasteiger partial charge in [0.2, 0.25) is 0 Å². The fourth-order valence-corrected chi connectivity index (χ4v) is 3.68. The Morgan fingerprint density at radius 1 is 1.19 bits per heavy atom. The van der Waals surface area contributed by atoms with Gasteiger partial charge >= 0.3 is 5.97 Å². The highest BCUT2D eigenvalue weighted by atomic mass is 32.1. The first kappa shape index (κ1) is 18.0. The number of rotatable bonds is 4. The third-order valence-corrected chi connectivity index (χ3v) is 5.02. The Morgan fingerprint density at radius 3 is 2.54 bits per heavy atom. The minimum absolute atomic E-state index is 0.334. The molecule has 0 aliphatic rings. The summed E-state index contributed by atoms with van der Waals surface area (Å²) in [6.45, 7) is 1.48. The lowest BCUT2D eigenvalue weighted by Gasteiger charge is -2.14. The van der Waals surface area contributed by atoms with Crippen LogP contribution in [0.2, 0.25) is 0 Å². The van der Waals surface area contributed by atoms with Gasteiger partial charge in [-0.25, -0.2) is 4.79 Å². The zero-order chi connectivity index (χ0) is 18.7. The van der Waals surface area contributed by atoms with E-state index >= 15 is 0 Å². The summed E-state index contributed by atoms with van der Waals surface area (Å²) in [7, 11) is 1.26. The van der Waals surface area contributed by atoms with E-state index in [-0.39, 0.29) is 0 Å². The van der Waals surface area contributed by atoms with Gasteiger partial charge in [0.15, 0.2) is 10.8 Å². The molecule has 26 heavy (non-hydrogen) atoms. The van der Waals surface area contributed by atoms with Gasteiger partial charge in [0.25, 0.3) is 5.91 Å². The van der Waals surface area contributed by atoms with E-state index in [1.165, 1.54) is 18.4 Å². The van der Waals surface area contributed by atoms with Gasteiger partial charge in [-0.05, 0) is 31.2 Å². The SMILES string of the molecule is COC(=O)C(CO)n1c(=NC(=O)c2ccc(C)cc2)sc2ccccc21. The van der Waals surface area contributed by atoms with Crippen LogP contribution in [0, 0.1) is 6.92 Å². The third-order valence-electron chi connectivity index (χ3n) is 3.99. The number of hydrogen-bond acceptors (Lipinski definition) is 5. The Kier molecular flexibility index (Phi) is 5.29. The van der Waals surface area contributed by atoms with Crippen molar-refractivity contribution in [2.75, 3.05) is 13.7 Å². The molecule has 0 bridgehead atoms. The number of thiazole rings is 1. The second-order valence-electron chi connectivity index (χ2n) is 5.73. The second-order valence-corrected chi connectivity index (χ2v) is 6.74. The van der Waals surface area contributed by atoms with Crippen LogP contribution >= 0.6 is 11.3 Å². The third kappa shape index (κ3) is 3.44. The maximum absolute atomic E-state index is 12.6. The molecule has 7 heteroatoms. The molecule has 134 valence electrons. The van der Waals surface area contributed by atoms with Gasteiger partial charge in [-0.3, -0.25) is 9.36 Å². The van der Waals surface area contributed by atoms with Gasteiger partial charge in [0, 0.05) is 5.56 Å². The first-order valence-electron chi connectivity index (χ1n) is 7.99. The van der Waals surface area contributed by atoms with Gasteiger partial charge in [0.1, 0.15) is 0 Å². The van der Waals surface area contributed by atoms with E-state index in [2.05, 4.69) is 4.99 Å². The minimum Gasteiger partial charge on any atom is -0.467 e. The number of aliphatic hydroxyl groups is 1. The zero-order valence-electron chi connectivity index (χ0n) is 14.4. The number of methoxy groups -OCH3 is 1. The van der Waals surface area contributed by atoms with Gasteiger partial charge in [0.05, 0.1) is 23.9 Å². The lowest BCUT2D eigenvalue weighted by molar-refractivity contribution is -0.145. The largest absolute Gasteiger partial charge is 0.467 e. The molecular formula is C19H18N2O4S. The van der Waals surface area contributed by atoms with Gasteiger partial charge in [-0.2, -0.15) is 4.99 Å². The Balaban J connectivity index is 2.18. The molecule has 1 N–H and O–H groups in total. The number of nitrogens with zero attached hydrogens (tertiary/aromatic N) is 2. The number of carbonyl (C=O) groups is 2. The van der Waals surface area contributed by atoms with Crippen molar-refractivity contribution in [3.8, 4) is 0 Å². The molecule has 1 amide bonds. The van der Waals surface area contributed by atoms with Crippen LogP contribution in [0.15, 0.2) is 53.5 Å². The standard InChI is InChI=1S/C19H18N2O4S/c1-12-7-9-13(10-8-12)17(23)20-19-21(15(11-22)18(24)25-2)14-5-3-4-6-16(14)26-19/h3-10,15,22H,11H2,1-2H3. The van der Waals surface area contributed by atoms with Crippen molar-refractivity contribution in [3.05, 3.63) is 64.5 Å². The highest BCUT2D eigenvalue weighted by Crippen LogP contribution is 2.21. The number of aryl methyl sites for hydroxylation is 1. The number of ether oxygens (including phenoxy) is 1. The van der Waals surface area contributed by atoms with Crippen LogP contribution in [-0.4, -0.2) is 35.3 Å². The molecule has 0 saturated carbocycles. The van der Waals surface area contributed by atoms with Gasteiger partial charge in [-0.1, -0.05) is 41.2 Å². The molecule has 1 unspecified atom stereocenters. The number of carbonyl (C=O) groups excluding carboxylic acids is 2. The maximum atomic E-state index is 12.6. The second kappa shape index (κ2) is 7.63. The van der Waals surface area contributed by atoms with E-state index in [0.717, 1.165) is 10.3 Å². The van der Waals surface area contributed by atoms with Crippen LogP contribution in [-0.2, 0) is 9.53 Å². The van der Waals surface area contributed by atoms with Crippen molar-refractivity contribution in [1.82, 2.24) is 4.57 Å². The van der Waals surface area contributed by atoms with Gasteiger partial charge in [-0.15, -0.1) is 0 Å². The maximum Gasteiger partial charge on any atom is 0.331 e. The van der Waals surface area contributed by atoms with E-state index in [4.69, 9.17) is 4.74 Å². The zero-order valence-corrected chi connectivity index (χ0v) is 15.2. The molecule has 1 atom stereocenters. The van der Waals surface area contributed by atoms with Crippen LogP contribution in [0.4, 0.5) is 0 Å². The summed E-state index contributed by atoms with van der Waals surface area (Å²) < 4.78 is 7.20. The molecule has 3 aromatic rings. The van der Waals surface area contributed by atoms with Crippen LogP contribution in [0.5, 0.6) is 0 Å². The van der Waals surface area contributed by atoms with Crippen molar-refractivity contribution in [2.24, 2.45) is 4.99 Å². The molecule has 0 saturated heterocycles. The summed E-state index contributed by atoms with van der Waals surface area (Å²) in [5, 5.41) is 9.72. The monoisotopic (exact) mass is 370 g/mol. The van der Waals surface area contributed by atoms with Crippen LogP contribution in [0.3, 0.4) is 0 Å². The quantitative estimate of drug-likeness (QED) is 0.716. The van der Waals surface area contributed by atoms with Crippen molar-refractivity contribution < 1.29 is 19.4 Å². The Hall–Kier alpha value is -2.77. The van der Waals surface area contributed by atoms with E-state index < -0.39 is 24.5 Å². The number of benzene rings is 2. The highest BCUT2D eigenvalue weighted by Gasteiger charge is 2.24. The smallest absolute Gasteiger partial charge is 0.331 e. The van der Waals surface area contributed by atoms with E-state index in [1.54, 1.807) is 16.7 Å². The van der Waals surface area contributed by atoms with E-state index in [9.17, 15) is 14.7 Å². The van der Waals surface area contributed by atoms with E-state index in [0.29, 0.717) is 15.9 Å². The number of esters is 1. The van der Waals surface area contributed by atoms with Crippen LogP contribution < -0.4 is 4.80 Å². The molecule has 0 radical (unpaired) electrons. The summed E-state index contributed by atoms with van der Waals surface area (Å²) in [4.78, 5) is 29.2. The van der Waals surface area contributed by atoms with Crippen LogP contribution in [0.1, 0.15) is 22.0 Å². The number of aromatic nitrogens is 1. The van der Waals surface area contributed by atoms with Crippen molar-refractivity contribution >= 4 is 33.4 Å². The highest BCUT2D eigenvalue weighted by molar-refractivity contribution is 7.16. The molecule has 6 nitrogen and oxygen atoms in total. The molecule has 3 rings (SSSR count). The molecular weight excluding hydrogens is 352 g/mol. The summed E-state index contributed by atoms with van der Waals surface area (Å²) in [5.74, 6) is -1.01. The number of aliphatic hydroxyl groups excluding tert-OH is 1. The number of fused-ring (bicyclic) bond motifs is 1. The summed E-state index contributed by atoms with van der Waals surface area (Å²) in [5.41, 5.74) is 2.21. The molecule has 0 aliphatic carbocycles. The van der Waals surface area contributed by atoms with Crippen molar-refractivity contribution in [2.45, 2.75) is 13.0 Å². The lowest BCUT2D eigenvalue weighted by Crippen LogP contribution is -2.31. The van der Waals surface area contributed by atoms with Crippen molar-refractivity contribution in [3.63, 3.8) is 0 Å². The predicted octanol–water partition coefficient (Wildman–Crippen LogP) is 2.46. The topological polar surface area (TPSA) is 80.9 Å². The molecule has 0 aliphatic heterocycles. The number of para-hydroxylation sites is 1. The fourth-order valence-electron chi connectivity index (χ4n) is 2.62. The van der Waals surface area contributed by atoms with Crippen LogP contribution in [0.25, 0.3) is 10.2 Å².